The van der Waals surface area contributed by atoms with E-state index in [0.29, 0.717) is 12.0 Å². The Morgan fingerprint density at radius 2 is 2.15 bits per heavy atom. The van der Waals surface area contributed by atoms with Gasteiger partial charge in [0.2, 0.25) is 0 Å². The van der Waals surface area contributed by atoms with Gasteiger partial charge in [-0.15, -0.1) is 11.3 Å². The zero-order chi connectivity index (χ0) is 14.1. The first kappa shape index (κ1) is 14.5. The van der Waals surface area contributed by atoms with E-state index in [9.17, 15) is 8.78 Å². The van der Waals surface area contributed by atoms with E-state index < -0.39 is 11.6 Å². The molecule has 1 aromatic carbocycles. The van der Waals surface area contributed by atoms with Crippen LogP contribution in [-0.4, -0.2) is 5.75 Å². The molecule has 3 rings (SSSR count). The van der Waals surface area contributed by atoms with Gasteiger partial charge in [0.05, 0.1) is 4.83 Å². The highest BCUT2D eigenvalue weighted by Gasteiger charge is 2.19. The molecule has 0 nitrogen and oxygen atoms in total. The molecule has 0 spiro atoms. The average molecular weight is 375 g/mol. The highest BCUT2D eigenvalue weighted by atomic mass is 79.9. The maximum Gasteiger partial charge on any atom is 0.162 e. The third kappa shape index (κ3) is 2.95. The van der Waals surface area contributed by atoms with Crippen molar-refractivity contribution in [3.63, 3.8) is 0 Å². The Bertz CT molecular complexity index is 601. The van der Waals surface area contributed by atoms with Gasteiger partial charge in [-0.1, -0.05) is 28.1 Å². The molecule has 2 aromatic rings. The summed E-state index contributed by atoms with van der Waals surface area (Å²) in [6, 6.07) is 6.57. The summed E-state index contributed by atoms with van der Waals surface area (Å²) in [5.74, 6) is 0.746. The molecule has 2 heterocycles. The predicted molar refractivity (Wildman–Crippen MR) is 85.9 cm³/mol. The second-order valence-corrected chi connectivity index (χ2v) is 8.16. The molecule has 0 N–H and O–H groups in total. The smallest absolute Gasteiger partial charge is 0.162 e. The molecule has 1 unspecified atom stereocenters. The molecule has 0 bridgehead atoms. The number of hydrogen-bond acceptors (Lipinski definition) is 2. The fourth-order valence-electron chi connectivity index (χ4n) is 2.32. The van der Waals surface area contributed by atoms with E-state index in [1.165, 1.54) is 21.1 Å². The van der Waals surface area contributed by atoms with Crippen LogP contribution < -0.4 is 0 Å². The zero-order valence-electron chi connectivity index (χ0n) is 10.7. The van der Waals surface area contributed by atoms with Crippen molar-refractivity contribution < 1.29 is 8.78 Å². The van der Waals surface area contributed by atoms with E-state index in [1.807, 2.05) is 11.8 Å². The maximum atomic E-state index is 13.7. The highest BCUT2D eigenvalue weighted by Crippen LogP contribution is 2.38. The van der Waals surface area contributed by atoms with Crippen molar-refractivity contribution >= 4 is 39.0 Å². The Labute approximate surface area is 133 Å². The van der Waals surface area contributed by atoms with Gasteiger partial charge in [0, 0.05) is 15.5 Å². The summed E-state index contributed by atoms with van der Waals surface area (Å²) in [5, 5.41) is 0. The first-order chi connectivity index (χ1) is 9.65. The van der Waals surface area contributed by atoms with Crippen molar-refractivity contribution in [2.75, 3.05) is 5.75 Å². The number of halogens is 3. The quantitative estimate of drug-likeness (QED) is 0.639. The number of thioether (sulfide) groups is 1. The van der Waals surface area contributed by atoms with E-state index in [2.05, 4.69) is 22.0 Å². The van der Waals surface area contributed by atoms with Crippen LogP contribution in [0.2, 0.25) is 0 Å². The minimum absolute atomic E-state index is 0.0411. The molecule has 20 heavy (non-hydrogen) atoms. The Morgan fingerprint density at radius 1 is 1.30 bits per heavy atom. The first-order valence-electron chi connectivity index (χ1n) is 6.41. The first-order valence-corrected chi connectivity index (χ1v) is 9.30. The van der Waals surface area contributed by atoms with E-state index in [1.54, 1.807) is 23.5 Å². The molecule has 5 heteroatoms. The van der Waals surface area contributed by atoms with Gasteiger partial charge in [-0.05, 0) is 41.9 Å². The number of benzene rings is 1. The molecule has 0 aliphatic carbocycles. The molecule has 1 aliphatic rings. The van der Waals surface area contributed by atoms with Crippen molar-refractivity contribution in [3.05, 3.63) is 56.8 Å². The third-order valence-corrected chi connectivity index (χ3v) is 6.86. The average Bonchev–Trinajstić information content (AvgIpc) is 2.88. The second-order valence-electron chi connectivity index (χ2n) is 4.78. The van der Waals surface area contributed by atoms with E-state index in [4.69, 9.17) is 0 Å². The number of rotatable bonds is 3. The van der Waals surface area contributed by atoms with Gasteiger partial charge >= 0.3 is 0 Å². The summed E-state index contributed by atoms with van der Waals surface area (Å²) in [5.41, 5.74) is 1.83. The van der Waals surface area contributed by atoms with Crippen LogP contribution in [0.5, 0.6) is 0 Å². The monoisotopic (exact) mass is 374 g/mol. The lowest BCUT2D eigenvalue weighted by atomic mass is 10.1. The normalized spacial score (nSPS) is 15.9. The summed E-state index contributed by atoms with van der Waals surface area (Å²) in [4.78, 5) is 2.70. The summed E-state index contributed by atoms with van der Waals surface area (Å²) in [6.07, 6.45) is 1.59. The van der Waals surface area contributed by atoms with E-state index >= 15 is 0 Å². The van der Waals surface area contributed by atoms with Gasteiger partial charge in [0.25, 0.3) is 0 Å². The molecule has 0 saturated carbocycles. The van der Waals surface area contributed by atoms with Crippen LogP contribution >= 0.6 is 39.0 Å². The van der Waals surface area contributed by atoms with Crippen LogP contribution in [0, 0.1) is 11.6 Å². The lowest BCUT2D eigenvalue weighted by molar-refractivity contribution is 0.498. The van der Waals surface area contributed by atoms with E-state index in [-0.39, 0.29) is 4.83 Å². The second kappa shape index (κ2) is 6.16. The largest absolute Gasteiger partial charge is 0.204 e. The minimum Gasteiger partial charge on any atom is -0.204 e. The third-order valence-electron chi connectivity index (χ3n) is 3.39. The molecule has 0 radical (unpaired) electrons. The summed E-state index contributed by atoms with van der Waals surface area (Å²) < 4.78 is 26.9. The van der Waals surface area contributed by atoms with Crippen molar-refractivity contribution in [1.29, 1.82) is 0 Å². The molecule has 1 atom stereocenters. The fourth-order valence-corrected chi connectivity index (χ4v) is 5.44. The van der Waals surface area contributed by atoms with Gasteiger partial charge in [-0.25, -0.2) is 8.78 Å². The molecular weight excluding hydrogens is 362 g/mol. The van der Waals surface area contributed by atoms with Gasteiger partial charge in [-0.3, -0.25) is 0 Å². The molecule has 0 saturated heterocycles. The Hall–Kier alpha value is -0.390. The SMILES string of the molecule is Fc1cccc(CC(Br)c2cc3c(s2)CCSC3)c1F. The van der Waals surface area contributed by atoms with Crippen molar-refractivity contribution in [2.45, 2.75) is 23.4 Å². The molecule has 106 valence electrons. The van der Waals surface area contributed by atoms with Crippen LogP contribution in [0.3, 0.4) is 0 Å². The van der Waals surface area contributed by atoms with Gasteiger partial charge in [0.15, 0.2) is 11.6 Å². The molecule has 1 aliphatic heterocycles. The number of hydrogen-bond donors (Lipinski definition) is 0. The van der Waals surface area contributed by atoms with Crippen LogP contribution in [-0.2, 0) is 18.6 Å². The number of alkyl halides is 1. The summed E-state index contributed by atoms with van der Waals surface area (Å²) >= 11 is 7.37. The Balaban J connectivity index is 1.80. The van der Waals surface area contributed by atoms with E-state index in [0.717, 1.165) is 18.2 Å². The standard InChI is InChI=1S/C15H13BrF2S2/c16-11(6-9-2-1-3-12(17)15(9)18)14-7-10-8-19-5-4-13(10)20-14/h1-3,7,11H,4-6,8H2. The molecular formula is C15H13BrF2S2. The topological polar surface area (TPSA) is 0 Å². The molecule has 0 amide bonds. The Morgan fingerprint density at radius 3 is 2.95 bits per heavy atom. The number of aryl methyl sites for hydroxylation is 1. The van der Waals surface area contributed by atoms with Gasteiger partial charge in [0.1, 0.15) is 0 Å². The van der Waals surface area contributed by atoms with Crippen molar-refractivity contribution in [3.8, 4) is 0 Å². The van der Waals surface area contributed by atoms with Gasteiger partial charge in [-0.2, -0.15) is 11.8 Å². The highest BCUT2D eigenvalue weighted by molar-refractivity contribution is 9.09. The van der Waals surface area contributed by atoms with Crippen LogP contribution in [0.1, 0.15) is 25.7 Å². The Kier molecular flexibility index (Phi) is 4.48. The van der Waals surface area contributed by atoms with Gasteiger partial charge < -0.3 is 0 Å². The minimum atomic E-state index is -0.774. The maximum absolute atomic E-state index is 13.7. The molecule has 0 fully saturated rings. The fraction of sp³-hybridized carbons (Fsp3) is 0.333. The van der Waals surface area contributed by atoms with Crippen LogP contribution in [0.25, 0.3) is 0 Å². The predicted octanol–water partition coefficient (Wildman–Crippen LogP) is 5.49. The lowest BCUT2D eigenvalue weighted by Crippen LogP contribution is -1.98. The van der Waals surface area contributed by atoms with Crippen LogP contribution in [0.15, 0.2) is 24.3 Å². The zero-order valence-corrected chi connectivity index (χ0v) is 13.9. The van der Waals surface area contributed by atoms with Crippen molar-refractivity contribution in [2.24, 2.45) is 0 Å². The lowest BCUT2D eigenvalue weighted by Gasteiger charge is -2.09. The summed E-state index contributed by atoms with van der Waals surface area (Å²) in [7, 11) is 0. The number of fused-ring (bicyclic) bond motifs is 1. The molecule has 1 aromatic heterocycles. The number of thiophene rings is 1. The summed E-state index contributed by atoms with van der Waals surface area (Å²) in [6.45, 7) is 0. The van der Waals surface area contributed by atoms with Crippen LogP contribution in [0.4, 0.5) is 8.78 Å². The van der Waals surface area contributed by atoms with Crippen molar-refractivity contribution in [1.82, 2.24) is 0 Å².